The molecule has 1 N–H and O–H groups in total. The van der Waals surface area contributed by atoms with Crippen molar-refractivity contribution in [1.29, 1.82) is 0 Å². The second kappa shape index (κ2) is 6.79. The molecule has 2 aromatic carbocycles. The van der Waals surface area contributed by atoms with Gasteiger partial charge in [0.25, 0.3) is 0 Å². The summed E-state index contributed by atoms with van der Waals surface area (Å²) in [6.07, 6.45) is 1.47. The fourth-order valence-electron chi connectivity index (χ4n) is 2.04. The van der Waals surface area contributed by atoms with Crippen LogP contribution in [-0.2, 0) is 0 Å². The first kappa shape index (κ1) is 14.8. The molecule has 0 fully saturated rings. The molecule has 5 heteroatoms. The van der Waals surface area contributed by atoms with Crippen LogP contribution in [0.15, 0.2) is 64.0 Å². The molecule has 0 aliphatic heterocycles. The van der Waals surface area contributed by atoms with Crippen molar-refractivity contribution in [3.63, 3.8) is 0 Å². The van der Waals surface area contributed by atoms with Gasteiger partial charge in [-0.25, -0.2) is 4.98 Å². The second-order valence-corrected chi connectivity index (χ2v) is 4.76. The van der Waals surface area contributed by atoms with Crippen LogP contribution in [-0.4, -0.2) is 22.9 Å². The largest absolute Gasteiger partial charge is 0.494 e. The number of aromatic nitrogens is 1. The van der Waals surface area contributed by atoms with Gasteiger partial charge in [0.1, 0.15) is 5.75 Å². The molecule has 0 spiro atoms. The summed E-state index contributed by atoms with van der Waals surface area (Å²) in [6, 6.07) is 16.7. The normalized spacial score (nSPS) is 11.0. The molecule has 0 unspecified atom stereocenters. The third-order valence-electron chi connectivity index (χ3n) is 3.14. The zero-order valence-corrected chi connectivity index (χ0v) is 12.6. The van der Waals surface area contributed by atoms with Gasteiger partial charge in [-0.05, 0) is 43.3 Å². The van der Waals surface area contributed by atoms with Crippen molar-refractivity contribution in [3.05, 3.63) is 60.3 Å². The SMILES string of the molecule is CCOc1ccc(N=Cc2nc(-c3ccccc3)oc2O)cc1. The Kier molecular flexibility index (Phi) is 4.38. The number of hydrogen-bond donors (Lipinski definition) is 1. The van der Waals surface area contributed by atoms with Gasteiger partial charge >= 0.3 is 5.95 Å². The van der Waals surface area contributed by atoms with E-state index in [0.29, 0.717) is 12.5 Å². The van der Waals surface area contributed by atoms with Crippen LogP contribution in [0.5, 0.6) is 11.7 Å². The molecule has 5 nitrogen and oxygen atoms in total. The van der Waals surface area contributed by atoms with Crippen molar-refractivity contribution >= 4 is 11.9 Å². The van der Waals surface area contributed by atoms with Crippen molar-refractivity contribution in [2.24, 2.45) is 4.99 Å². The summed E-state index contributed by atoms with van der Waals surface area (Å²) in [7, 11) is 0. The molecular formula is C18H16N2O3. The maximum atomic E-state index is 9.84. The van der Waals surface area contributed by atoms with E-state index in [1.807, 2.05) is 61.5 Å². The molecule has 23 heavy (non-hydrogen) atoms. The van der Waals surface area contributed by atoms with Crippen LogP contribution in [0.3, 0.4) is 0 Å². The Hall–Kier alpha value is -3.08. The highest BCUT2D eigenvalue weighted by Gasteiger charge is 2.11. The van der Waals surface area contributed by atoms with Crippen molar-refractivity contribution in [2.75, 3.05) is 6.61 Å². The van der Waals surface area contributed by atoms with Crippen LogP contribution < -0.4 is 4.74 Å². The zero-order chi connectivity index (χ0) is 16.1. The molecular weight excluding hydrogens is 292 g/mol. The average Bonchev–Trinajstić information content (AvgIpc) is 2.96. The molecule has 1 heterocycles. The van der Waals surface area contributed by atoms with E-state index < -0.39 is 0 Å². The Labute approximate surface area is 133 Å². The minimum absolute atomic E-state index is 0.251. The molecule has 0 saturated heterocycles. The smallest absolute Gasteiger partial charge is 0.312 e. The molecule has 3 aromatic rings. The van der Waals surface area contributed by atoms with Crippen molar-refractivity contribution in [1.82, 2.24) is 4.98 Å². The van der Waals surface area contributed by atoms with E-state index in [2.05, 4.69) is 9.98 Å². The van der Waals surface area contributed by atoms with Gasteiger partial charge in [-0.2, -0.15) is 0 Å². The summed E-state index contributed by atoms with van der Waals surface area (Å²) < 4.78 is 10.6. The standard InChI is InChI=1S/C18H16N2O3/c1-2-22-15-10-8-14(9-11-15)19-12-16-18(21)23-17(20-16)13-6-4-3-5-7-13/h3-12,21H,2H2,1H3. The number of ether oxygens (including phenoxy) is 1. The Balaban J connectivity index is 1.78. The first-order valence-corrected chi connectivity index (χ1v) is 7.28. The van der Waals surface area contributed by atoms with Crippen LogP contribution in [0.1, 0.15) is 12.6 Å². The van der Waals surface area contributed by atoms with Gasteiger partial charge in [-0.15, -0.1) is 0 Å². The monoisotopic (exact) mass is 308 g/mol. The lowest BCUT2D eigenvalue weighted by Crippen LogP contribution is -1.89. The highest BCUT2D eigenvalue weighted by atomic mass is 16.5. The Bertz CT molecular complexity index is 793. The molecule has 116 valence electrons. The average molecular weight is 308 g/mol. The minimum Gasteiger partial charge on any atom is -0.494 e. The molecule has 3 rings (SSSR count). The Morgan fingerprint density at radius 1 is 1.13 bits per heavy atom. The summed E-state index contributed by atoms with van der Waals surface area (Å²) in [4.78, 5) is 8.53. The van der Waals surface area contributed by atoms with Crippen LogP contribution in [0, 0.1) is 0 Å². The van der Waals surface area contributed by atoms with Gasteiger partial charge in [-0.3, -0.25) is 4.99 Å². The third-order valence-corrected chi connectivity index (χ3v) is 3.14. The summed E-state index contributed by atoms with van der Waals surface area (Å²) in [5.41, 5.74) is 1.82. The van der Waals surface area contributed by atoms with E-state index in [1.54, 1.807) is 0 Å². The van der Waals surface area contributed by atoms with Crippen molar-refractivity contribution < 1.29 is 14.3 Å². The van der Waals surface area contributed by atoms with Gasteiger partial charge < -0.3 is 14.3 Å². The predicted molar refractivity (Wildman–Crippen MR) is 88.5 cm³/mol. The van der Waals surface area contributed by atoms with Crippen LogP contribution in [0.4, 0.5) is 5.69 Å². The number of benzene rings is 2. The lowest BCUT2D eigenvalue weighted by atomic mass is 10.2. The molecule has 0 amide bonds. The maximum absolute atomic E-state index is 9.84. The predicted octanol–water partition coefficient (Wildman–Crippen LogP) is 4.20. The second-order valence-electron chi connectivity index (χ2n) is 4.76. The summed E-state index contributed by atoms with van der Waals surface area (Å²) in [5.74, 6) is 0.900. The zero-order valence-electron chi connectivity index (χ0n) is 12.6. The maximum Gasteiger partial charge on any atom is 0.312 e. The van der Waals surface area contributed by atoms with Gasteiger partial charge in [0.05, 0.1) is 18.5 Å². The van der Waals surface area contributed by atoms with E-state index in [9.17, 15) is 5.11 Å². The lowest BCUT2D eigenvalue weighted by molar-refractivity contribution is 0.337. The topological polar surface area (TPSA) is 67.9 Å². The molecule has 0 aliphatic carbocycles. The summed E-state index contributed by atoms with van der Waals surface area (Å²) in [5, 5.41) is 9.84. The number of aliphatic imine (C=N–C) groups is 1. The number of aromatic hydroxyl groups is 1. The number of oxazole rings is 1. The van der Waals surface area contributed by atoms with E-state index in [0.717, 1.165) is 17.0 Å². The molecule has 0 aliphatic rings. The van der Waals surface area contributed by atoms with E-state index in [4.69, 9.17) is 9.15 Å². The fraction of sp³-hybridized carbons (Fsp3) is 0.111. The van der Waals surface area contributed by atoms with Gasteiger partial charge in [0.15, 0.2) is 5.69 Å². The third kappa shape index (κ3) is 3.58. The molecule has 0 atom stereocenters. The first-order valence-electron chi connectivity index (χ1n) is 7.28. The van der Waals surface area contributed by atoms with E-state index in [-0.39, 0.29) is 11.6 Å². The number of hydrogen-bond acceptors (Lipinski definition) is 5. The summed E-state index contributed by atoms with van der Waals surface area (Å²) in [6.45, 7) is 2.56. The highest BCUT2D eigenvalue weighted by Crippen LogP contribution is 2.26. The van der Waals surface area contributed by atoms with Gasteiger partial charge in [0.2, 0.25) is 5.89 Å². The van der Waals surface area contributed by atoms with E-state index >= 15 is 0 Å². The summed E-state index contributed by atoms with van der Waals surface area (Å²) >= 11 is 0. The highest BCUT2D eigenvalue weighted by molar-refractivity contribution is 5.82. The van der Waals surface area contributed by atoms with Gasteiger partial charge in [-0.1, -0.05) is 18.2 Å². The number of rotatable bonds is 5. The minimum atomic E-state index is -0.251. The molecule has 1 aromatic heterocycles. The van der Waals surface area contributed by atoms with Crippen molar-refractivity contribution in [2.45, 2.75) is 6.92 Å². The first-order chi connectivity index (χ1) is 11.3. The lowest BCUT2D eigenvalue weighted by Gasteiger charge is -2.01. The molecule has 0 bridgehead atoms. The van der Waals surface area contributed by atoms with Crippen LogP contribution in [0.25, 0.3) is 11.5 Å². The molecule has 0 saturated carbocycles. The Morgan fingerprint density at radius 2 is 1.87 bits per heavy atom. The van der Waals surface area contributed by atoms with E-state index in [1.165, 1.54) is 6.21 Å². The van der Waals surface area contributed by atoms with Gasteiger partial charge in [0, 0.05) is 5.56 Å². The van der Waals surface area contributed by atoms with Crippen LogP contribution in [0.2, 0.25) is 0 Å². The fourth-order valence-corrected chi connectivity index (χ4v) is 2.04. The van der Waals surface area contributed by atoms with Crippen LogP contribution >= 0.6 is 0 Å². The van der Waals surface area contributed by atoms with Crippen molar-refractivity contribution in [3.8, 4) is 23.1 Å². The number of nitrogens with zero attached hydrogens (tertiary/aromatic N) is 2. The Morgan fingerprint density at radius 3 is 2.57 bits per heavy atom. The molecule has 0 radical (unpaired) electrons. The quantitative estimate of drug-likeness (QED) is 0.717.